The van der Waals surface area contributed by atoms with Gasteiger partial charge in [0, 0.05) is 30.2 Å². The molecule has 0 fully saturated rings. The van der Waals surface area contributed by atoms with E-state index < -0.39 is 5.60 Å². The number of H-pyrrole nitrogens is 1. The number of nitrogens with one attached hydrogen (secondary N) is 2. The van der Waals surface area contributed by atoms with Crippen molar-refractivity contribution in [2.75, 3.05) is 18.4 Å². The van der Waals surface area contributed by atoms with E-state index in [1.807, 2.05) is 81.4 Å². The number of para-hydroxylation sites is 1. The molecule has 0 bridgehead atoms. The number of nitrogens with zero attached hydrogens (tertiary/aromatic N) is 4. The highest BCUT2D eigenvalue weighted by molar-refractivity contribution is 5.68. The molecule has 1 atom stereocenters. The van der Waals surface area contributed by atoms with Crippen molar-refractivity contribution in [3.05, 3.63) is 96.6 Å². The summed E-state index contributed by atoms with van der Waals surface area (Å²) in [4.78, 5) is 23.8. The lowest BCUT2D eigenvalue weighted by Gasteiger charge is -2.30. The Hall–Kier alpha value is -4.20. The highest BCUT2D eigenvalue weighted by Gasteiger charge is 2.27. The van der Waals surface area contributed by atoms with Gasteiger partial charge in [0.1, 0.15) is 17.5 Å². The maximum Gasteiger partial charge on any atom is 0.410 e. The number of hydrogen-bond donors (Lipinski definition) is 2. The average Bonchev–Trinajstić information content (AvgIpc) is 3.37. The van der Waals surface area contributed by atoms with E-state index in [9.17, 15) is 4.79 Å². The van der Waals surface area contributed by atoms with Crippen molar-refractivity contribution in [2.45, 2.75) is 38.8 Å². The molecule has 0 aliphatic rings. The molecule has 4 aromatic rings. The molecule has 8 heteroatoms. The first-order chi connectivity index (χ1) is 17.4. The molecule has 0 aliphatic carbocycles. The van der Waals surface area contributed by atoms with E-state index in [1.54, 1.807) is 17.3 Å². The topological polar surface area (TPSA) is 96.0 Å². The van der Waals surface area contributed by atoms with Crippen molar-refractivity contribution in [3.8, 4) is 11.4 Å². The Bertz CT molecular complexity index is 1220. The minimum atomic E-state index is -0.606. The van der Waals surface area contributed by atoms with Gasteiger partial charge in [-0.15, -0.1) is 0 Å². The van der Waals surface area contributed by atoms with E-state index in [4.69, 9.17) is 9.72 Å². The van der Waals surface area contributed by atoms with Crippen molar-refractivity contribution >= 4 is 11.8 Å². The number of ether oxygens (including phenoxy) is 1. The number of rotatable bonds is 9. The van der Waals surface area contributed by atoms with Crippen LogP contribution in [0.1, 0.15) is 38.2 Å². The monoisotopic (exact) mass is 484 g/mol. The van der Waals surface area contributed by atoms with Gasteiger partial charge in [-0.2, -0.15) is 5.10 Å². The minimum absolute atomic E-state index is 0.335. The first kappa shape index (κ1) is 24.9. The van der Waals surface area contributed by atoms with Crippen LogP contribution in [-0.2, 0) is 11.2 Å². The van der Waals surface area contributed by atoms with Gasteiger partial charge in [-0.3, -0.25) is 10.1 Å². The van der Waals surface area contributed by atoms with Gasteiger partial charge < -0.3 is 15.0 Å². The van der Waals surface area contributed by atoms with Gasteiger partial charge in [-0.25, -0.2) is 9.78 Å². The second-order valence-electron chi connectivity index (χ2n) is 9.51. The maximum atomic E-state index is 13.2. The van der Waals surface area contributed by atoms with E-state index in [0.717, 1.165) is 16.8 Å². The van der Waals surface area contributed by atoms with Crippen LogP contribution in [0, 0.1) is 0 Å². The summed E-state index contributed by atoms with van der Waals surface area (Å²) >= 11 is 0. The fourth-order valence-electron chi connectivity index (χ4n) is 3.71. The Kier molecular flexibility index (Phi) is 7.95. The summed E-state index contributed by atoms with van der Waals surface area (Å²) in [6.07, 6.45) is 3.75. The molecular formula is C28H32N6O2. The van der Waals surface area contributed by atoms with Crippen molar-refractivity contribution in [2.24, 2.45) is 0 Å². The molecule has 0 saturated carbocycles. The average molecular weight is 485 g/mol. The number of anilines is 1. The van der Waals surface area contributed by atoms with Gasteiger partial charge in [0.15, 0.2) is 5.82 Å². The van der Waals surface area contributed by atoms with Gasteiger partial charge in [-0.1, -0.05) is 48.5 Å². The molecule has 0 spiro atoms. The molecule has 1 unspecified atom stereocenters. The molecule has 0 saturated heterocycles. The second kappa shape index (κ2) is 11.5. The van der Waals surface area contributed by atoms with Gasteiger partial charge in [0.25, 0.3) is 0 Å². The van der Waals surface area contributed by atoms with Crippen molar-refractivity contribution in [1.82, 2.24) is 25.1 Å². The van der Waals surface area contributed by atoms with E-state index in [-0.39, 0.29) is 12.1 Å². The summed E-state index contributed by atoms with van der Waals surface area (Å²) in [6, 6.07) is 23.3. The van der Waals surface area contributed by atoms with Crippen molar-refractivity contribution in [1.29, 1.82) is 0 Å². The molecule has 36 heavy (non-hydrogen) atoms. The smallest absolute Gasteiger partial charge is 0.410 e. The highest BCUT2D eigenvalue weighted by atomic mass is 16.6. The van der Waals surface area contributed by atoms with E-state index in [1.165, 1.54) is 0 Å². The lowest BCUT2D eigenvalue weighted by Crippen LogP contribution is -2.41. The number of carbonyl (C=O) groups is 1. The molecule has 0 aliphatic heterocycles. The molecule has 4 rings (SSSR count). The number of pyridine rings is 1. The normalized spacial score (nSPS) is 12.1. The standard InChI is InChI=1S/C28H32N6O2/c1-28(2,3)36-27(35)34(19-16-21-10-6-4-7-11-21)20-24(30-23-12-8-5-9-13-23)26-31-25(32-33-26)22-14-17-29-18-15-22/h4-15,17-18,24,30H,16,19-20H2,1-3H3,(H,31,32,33). The second-order valence-corrected chi connectivity index (χ2v) is 9.51. The quantitative estimate of drug-likeness (QED) is 0.326. The van der Waals surface area contributed by atoms with Gasteiger partial charge in [0.2, 0.25) is 0 Å². The van der Waals surface area contributed by atoms with E-state index in [0.29, 0.717) is 31.2 Å². The van der Waals surface area contributed by atoms with Crippen molar-refractivity contribution < 1.29 is 9.53 Å². The number of benzene rings is 2. The van der Waals surface area contributed by atoms with Gasteiger partial charge in [-0.05, 0) is 57.0 Å². The zero-order valence-electron chi connectivity index (χ0n) is 20.9. The van der Waals surface area contributed by atoms with Gasteiger partial charge >= 0.3 is 6.09 Å². The molecule has 186 valence electrons. The van der Waals surface area contributed by atoms with Crippen molar-refractivity contribution in [3.63, 3.8) is 0 Å². The SMILES string of the molecule is CC(C)(C)OC(=O)N(CCc1ccccc1)CC(Nc1ccccc1)c1nc(-c2ccncc2)n[nH]1. The first-order valence-corrected chi connectivity index (χ1v) is 12.0. The van der Waals surface area contributed by atoms with E-state index >= 15 is 0 Å². The molecule has 2 N–H and O–H groups in total. The summed E-state index contributed by atoms with van der Waals surface area (Å²) in [6.45, 7) is 6.45. The zero-order chi connectivity index (χ0) is 25.4. The fraction of sp³-hybridized carbons (Fsp3) is 0.286. The summed E-state index contributed by atoms with van der Waals surface area (Å²) in [5.41, 5.74) is 2.32. The van der Waals surface area contributed by atoms with Gasteiger partial charge in [0.05, 0.1) is 6.54 Å². The van der Waals surface area contributed by atoms with Crippen LogP contribution in [0.3, 0.4) is 0 Å². The summed E-state index contributed by atoms with van der Waals surface area (Å²) < 4.78 is 5.76. The van der Waals surface area contributed by atoms with Crippen LogP contribution in [0.25, 0.3) is 11.4 Å². The molecular weight excluding hydrogens is 452 g/mol. The molecule has 8 nitrogen and oxygen atoms in total. The predicted octanol–water partition coefficient (Wildman–Crippen LogP) is 5.50. The minimum Gasteiger partial charge on any atom is -0.444 e. The summed E-state index contributed by atoms with van der Waals surface area (Å²) in [5.74, 6) is 1.19. The van der Waals surface area contributed by atoms with Crippen LogP contribution in [0.5, 0.6) is 0 Å². The number of aromatic amines is 1. The molecule has 1 amide bonds. The number of aromatic nitrogens is 4. The molecule has 2 heterocycles. The molecule has 2 aromatic heterocycles. The van der Waals surface area contributed by atoms with Crippen LogP contribution in [0.15, 0.2) is 85.2 Å². The van der Waals surface area contributed by atoms with Crippen LogP contribution in [0.4, 0.5) is 10.5 Å². The zero-order valence-corrected chi connectivity index (χ0v) is 20.9. The number of amides is 1. The van der Waals surface area contributed by atoms with Crippen LogP contribution in [-0.4, -0.2) is 49.8 Å². The highest BCUT2D eigenvalue weighted by Crippen LogP contribution is 2.22. The third-order valence-corrected chi connectivity index (χ3v) is 5.45. The summed E-state index contributed by atoms with van der Waals surface area (Å²) in [7, 11) is 0. The van der Waals surface area contributed by atoms with Crippen LogP contribution in [0.2, 0.25) is 0 Å². The third kappa shape index (κ3) is 7.15. The maximum absolute atomic E-state index is 13.2. The molecule has 2 aromatic carbocycles. The Labute approximate surface area is 211 Å². The largest absolute Gasteiger partial charge is 0.444 e. The Balaban J connectivity index is 1.61. The Morgan fingerprint density at radius 2 is 1.67 bits per heavy atom. The lowest BCUT2D eigenvalue weighted by atomic mass is 10.1. The van der Waals surface area contributed by atoms with Crippen LogP contribution < -0.4 is 5.32 Å². The molecule has 0 radical (unpaired) electrons. The van der Waals surface area contributed by atoms with E-state index in [2.05, 4.69) is 32.6 Å². The van der Waals surface area contributed by atoms with Crippen LogP contribution >= 0.6 is 0 Å². The Morgan fingerprint density at radius 3 is 2.33 bits per heavy atom. The first-order valence-electron chi connectivity index (χ1n) is 12.0. The number of carbonyl (C=O) groups excluding carboxylic acids is 1. The Morgan fingerprint density at radius 1 is 1.00 bits per heavy atom. The third-order valence-electron chi connectivity index (χ3n) is 5.45. The summed E-state index contributed by atoms with van der Waals surface area (Å²) in [5, 5.41) is 11.0. The number of hydrogen-bond acceptors (Lipinski definition) is 6. The lowest BCUT2D eigenvalue weighted by molar-refractivity contribution is 0.0243. The predicted molar refractivity (Wildman–Crippen MR) is 140 cm³/mol. The fourth-order valence-corrected chi connectivity index (χ4v) is 3.71.